The molecular weight excluding hydrogens is 562 g/mol. The lowest BCUT2D eigenvalue weighted by Crippen LogP contribution is -2.51. The van der Waals surface area contributed by atoms with E-state index < -0.39 is 28.5 Å². The van der Waals surface area contributed by atoms with Crippen LogP contribution in [0.5, 0.6) is 5.75 Å². The smallest absolute Gasteiger partial charge is 0.264 e. The van der Waals surface area contributed by atoms with Gasteiger partial charge in [0, 0.05) is 18.1 Å². The van der Waals surface area contributed by atoms with Gasteiger partial charge in [-0.3, -0.25) is 13.9 Å². The predicted molar refractivity (Wildman–Crippen MR) is 163 cm³/mol. The Hall–Kier alpha value is -3.56. The summed E-state index contributed by atoms with van der Waals surface area (Å²) >= 11 is 6.02. The third-order valence-electron chi connectivity index (χ3n) is 6.57. The molecule has 0 aliphatic heterocycles. The maximum atomic E-state index is 14.1. The predicted octanol–water partition coefficient (Wildman–Crippen LogP) is 5.43. The second-order valence-corrected chi connectivity index (χ2v) is 12.4. The molecule has 1 atom stereocenters. The molecule has 10 heteroatoms. The fourth-order valence-electron chi connectivity index (χ4n) is 4.19. The van der Waals surface area contributed by atoms with Crippen LogP contribution >= 0.6 is 11.6 Å². The molecule has 0 saturated carbocycles. The number of anilines is 1. The zero-order valence-electron chi connectivity index (χ0n) is 24.1. The first-order valence-corrected chi connectivity index (χ1v) is 15.4. The molecular formula is C31H38ClN3O5S. The van der Waals surface area contributed by atoms with Gasteiger partial charge in [-0.2, -0.15) is 0 Å². The topological polar surface area (TPSA) is 96.0 Å². The molecule has 0 spiro atoms. The second-order valence-electron chi connectivity index (χ2n) is 10.1. The van der Waals surface area contributed by atoms with E-state index in [0.29, 0.717) is 23.9 Å². The second kappa shape index (κ2) is 14.4. The van der Waals surface area contributed by atoms with Crippen LogP contribution in [0, 0.1) is 12.8 Å². The average Bonchev–Trinajstić information content (AvgIpc) is 2.94. The minimum absolute atomic E-state index is 0.0332. The van der Waals surface area contributed by atoms with Crippen molar-refractivity contribution in [3.05, 3.63) is 88.9 Å². The number of hydrogen-bond donors (Lipinski definition) is 1. The molecule has 3 aromatic carbocycles. The standard InChI is InChI=1S/C31H38ClN3O5S/c1-6-40-29-14-10-9-13-28(29)35(41(38,39)27-17-15-26(32)16-18-27)21-30(36)34(20-25-12-8-7-11-23(25)4)24(5)31(37)33-19-22(2)3/h7-18,22,24H,6,19-21H2,1-5H3,(H,33,37)/t24-/m0/s1. The van der Waals surface area contributed by atoms with Crippen LogP contribution in [0.15, 0.2) is 77.7 Å². The molecule has 0 aliphatic carbocycles. The number of nitrogens with one attached hydrogen (secondary N) is 1. The molecule has 220 valence electrons. The fourth-order valence-corrected chi connectivity index (χ4v) is 5.74. The largest absolute Gasteiger partial charge is 0.492 e. The third kappa shape index (κ3) is 8.24. The van der Waals surface area contributed by atoms with Crippen molar-refractivity contribution in [1.82, 2.24) is 10.2 Å². The van der Waals surface area contributed by atoms with E-state index in [-0.39, 0.29) is 29.0 Å². The quantitative estimate of drug-likeness (QED) is 0.283. The average molecular weight is 600 g/mol. The van der Waals surface area contributed by atoms with Crippen molar-refractivity contribution >= 4 is 39.1 Å². The minimum Gasteiger partial charge on any atom is -0.492 e. The van der Waals surface area contributed by atoms with Gasteiger partial charge in [0.15, 0.2) is 0 Å². The van der Waals surface area contributed by atoms with Crippen LogP contribution in [0.4, 0.5) is 5.69 Å². The van der Waals surface area contributed by atoms with E-state index in [2.05, 4.69) is 5.32 Å². The first kappa shape index (κ1) is 32.0. The number of rotatable bonds is 13. The number of carbonyl (C=O) groups excluding carboxylic acids is 2. The molecule has 0 radical (unpaired) electrons. The van der Waals surface area contributed by atoms with Crippen molar-refractivity contribution in [3.8, 4) is 5.75 Å². The van der Waals surface area contributed by atoms with E-state index in [0.717, 1.165) is 15.4 Å². The molecule has 0 saturated heterocycles. The highest BCUT2D eigenvalue weighted by atomic mass is 35.5. The molecule has 2 amide bonds. The van der Waals surface area contributed by atoms with Crippen LogP contribution < -0.4 is 14.4 Å². The Morgan fingerprint density at radius 1 is 0.951 bits per heavy atom. The summed E-state index contributed by atoms with van der Waals surface area (Å²) < 4.78 is 34.8. The molecule has 0 fully saturated rings. The van der Waals surface area contributed by atoms with Crippen molar-refractivity contribution in [2.45, 2.75) is 52.1 Å². The Morgan fingerprint density at radius 2 is 1.59 bits per heavy atom. The lowest BCUT2D eigenvalue weighted by Gasteiger charge is -2.32. The highest BCUT2D eigenvalue weighted by Crippen LogP contribution is 2.33. The number of para-hydroxylation sites is 2. The summed E-state index contributed by atoms with van der Waals surface area (Å²) in [5.41, 5.74) is 2.02. The van der Waals surface area contributed by atoms with Gasteiger partial charge in [-0.05, 0) is 74.2 Å². The number of amides is 2. The molecule has 41 heavy (non-hydrogen) atoms. The van der Waals surface area contributed by atoms with Gasteiger partial charge >= 0.3 is 0 Å². The van der Waals surface area contributed by atoms with E-state index in [1.165, 1.54) is 29.2 Å². The first-order chi connectivity index (χ1) is 19.4. The number of nitrogens with zero attached hydrogens (tertiary/aromatic N) is 2. The van der Waals surface area contributed by atoms with Gasteiger partial charge in [-0.15, -0.1) is 0 Å². The van der Waals surface area contributed by atoms with Gasteiger partial charge in [-0.25, -0.2) is 8.42 Å². The number of halogens is 1. The minimum atomic E-state index is -4.24. The van der Waals surface area contributed by atoms with Crippen LogP contribution in [-0.2, 0) is 26.2 Å². The SMILES string of the molecule is CCOc1ccccc1N(CC(=O)N(Cc1ccccc1C)[C@@H](C)C(=O)NCC(C)C)S(=O)(=O)c1ccc(Cl)cc1. The van der Waals surface area contributed by atoms with E-state index >= 15 is 0 Å². The maximum absolute atomic E-state index is 14.1. The molecule has 0 bridgehead atoms. The van der Waals surface area contributed by atoms with Crippen LogP contribution in [0.2, 0.25) is 5.02 Å². The number of hydrogen-bond acceptors (Lipinski definition) is 5. The summed E-state index contributed by atoms with van der Waals surface area (Å²) in [5, 5.41) is 3.27. The van der Waals surface area contributed by atoms with Gasteiger partial charge in [0.05, 0.1) is 17.2 Å². The maximum Gasteiger partial charge on any atom is 0.264 e. The van der Waals surface area contributed by atoms with Crippen molar-refractivity contribution in [1.29, 1.82) is 0 Å². The zero-order chi connectivity index (χ0) is 30.2. The van der Waals surface area contributed by atoms with Gasteiger partial charge < -0.3 is 15.0 Å². The summed E-state index contributed by atoms with van der Waals surface area (Å²) in [7, 11) is -4.24. The van der Waals surface area contributed by atoms with Crippen molar-refractivity contribution in [3.63, 3.8) is 0 Å². The van der Waals surface area contributed by atoms with Crippen LogP contribution in [0.1, 0.15) is 38.8 Å². The van der Waals surface area contributed by atoms with Crippen molar-refractivity contribution < 1.29 is 22.7 Å². The lowest BCUT2D eigenvalue weighted by molar-refractivity contribution is -0.139. The summed E-state index contributed by atoms with van der Waals surface area (Å²) in [6.45, 7) is 9.66. The van der Waals surface area contributed by atoms with Gasteiger partial charge in [0.25, 0.3) is 10.0 Å². The van der Waals surface area contributed by atoms with Crippen LogP contribution in [-0.4, -0.2) is 50.9 Å². The van der Waals surface area contributed by atoms with Crippen molar-refractivity contribution in [2.75, 3.05) is 24.0 Å². The summed E-state index contributed by atoms with van der Waals surface area (Å²) in [6.07, 6.45) is 0. The Kier molecular flexibility index (Phi) is 11.2. The van der Waals surface area contributed by atoms with Crippen LogP contribution in [0.25, 0.3) is 0 Å². The molecule has 1 N–H and O–H groups in total. The summed E-state index contributed by atoms with van der Waals surface area (Å²) in [6, 6.07) is 19.1. The van der Waals surface area contributed by atoms with Gasteiger partial charge in [0.2, 0.25) is 11.8 Å². The fraction of sp³-hybridized carbons (Fsp3) is 0.355. The van der Waals surface area contributed by atoms with Gasteiger partial charge in [-0.1, -0.05) is 61.8 Å². The highest BCUT2D eigenvalue weighted by Gasteiger charge is 2.34. The highest BCUT2D eigenvalue weighted by molar-refractivity contribution is 7.92. The van der Waals surface area contributed by atoms with E-state index in [1.807, 2.05) is 45.0 Å². The summed E-state index contributed by atoms with van der Waals surface area (Å²) in [5.74, 6) is -0.318. The molecule has 8 nitrogen and oxygen atoms in total. The normalized spacial score (nSPS) is 12.1. The monoisotopic (exact) mass is 599 g/mol. The van der Waals surface area contributed by atoms with E-state index in [9.17, 15) is 18.0 Å². The third-order valence-corrected chi connectivity index (χ3v) is 8.59. The van der Waals surface area contributed by atoms with E-state index in [1.54, 1.807) is 38.1 Å². The zero-order valence-corrected chi connectivity index (χ0v) is 25.7. The van der Waals surface area contributed by atoms with Crippen molar-refractivity contribution in [2.24, 2.45) is 5.92 Å². The Balaban J connectivity index is 2.07. The summed E-state index contributed by atoms with van der Waals surface area (Å²) in [4.78, 5) is 28.6. The Labute approximate surface area is 248 Å². The lowest BCUT2D eigenvalue weighted by atomic mass is 10.1. The Morgan fingerprint density at radius 3 is 2.22 bits per heavy atom. The number of carbonyl (C=O) groups is 2. The first-order valence-electron chi connectivity index (χ1n) is 13.6. The number of sulfonamides is 1. The molecule has 0 aliphatic rings. The molecule has 0 aromatic heterocycles. The number of benzene rings is 3. The Bertz CT molecular complexity index is 1440. The van der Waals surface area contributed by atoms with Crippen LogP contribution in [0.3, 0.4) is 0 Å². The molecule has 0 heterocycles. The van der Waals surface area contributed by atoms with Gasteiger partial charge in [0.1, 0.15) is 18.3 Å². The number of ether oxygens (including phenoxy) is 1. The molecule has 3 rings (SSSR count). The number of aryl methyl sites for hydroxylation is 1. The van der Waals surface area contributed by atoms with E-state index in [4.69, 9.17) is 16.3 Å². The molecule has 3 aromatic rings. The molecule has 0 unspecified atom stereocenters.